The molecule has 0 saturated heterocycles. The van der Waals surface area contributed by atoms with Crippen molar-refractivity contribution < 1.29 is 4.79 Å². The molecule has 0 heterocycles. The van der Waals surface area contributed by atoms with Crippen molar-refractivity contribution in [1.29, 1.82) is 0 Å². The number of ketones is 1. The molecular formula is C17H18O. The summed E-state index contributed by atoms with van der Waals surface area (Å²) in [4.78, 5) is 12.6. The first kappa shape index (κ1) is 11.5. The number of rotatable bonds is 3. The summed E-state index contributed by atoms with van der Waals surface area (Å²) in [5, 5.41) is 2.31. The van der Waals surface area contributed by atoms with E-state index in [9.17, 15) is 4.79 Å². The van der Waals surface area contributed by atoms with Crippen LogP contribution in [-0.2, 0) is 0 Å². The molecule has 1 saturated carbocycles. The van der Waals surface area contributed by atoms with E-state index in [2.05, 4.69) is 32.0 Å². The highest BCUT2D eigenvalue weighted by molar-refractivity contribution is 6.09. The molecule has 0 spiro atoms. The van der Waals surface area contributed by atoms with Crippen LogP contribution in [0.1, 0.15) is 35.7 Å². The van der Waals surface area contributed by atoms with Crippen LogP contribution in [0.5, 0.6) is 0 Å². The minimum Gasteiger partial charge on any atom is -0.294 e. The molecule has 0 radical (unpaired) electrons. The van der Waals surface area contributed by atoms with Crippen LogP contribution in [0.4, 0.5) is 0 Å². The van der Waals surface area contributed by atoms with E-state index in [-0.39, 0.29) is 5.92 Å². The fraction of sp³-hybridized carbons (Fsp3) is 0.353. The van der Waals surface area contributed by atoms with Crippen molar-refractivity contribution in [3.05, 3.63) is 47.5 Å². The van der Waals surface area contributed by atoms with Crippen molar-refractivity contribution in [2.75, 3.05) is 0 Å². The molecule has 1 nitrogen and oxygen atoms in total. The van der Waals surface area contributed by atoms with Gasteiger partial charge in [-0.2, -0.15) is 0 Å². The third-order valence-corrected chi connectivity index (χ3v) is 4.15. The fourth-order valence-corrected chi connectivity index (χ4v) is 2.72. The smallest absolute Gasteiger partial charge is 0.166 e. The Morgan fingerprint density at radius 1 is 1.11 bits per heavy atom. The molecule has 0 aromatic heterocycles. The minimum absolute atomic E-state index is 0.177. The Hall–Kier alpha value is -1.63. The van der Waals surface area contributed by atoms with Gasteiger partial charge in [-0.15, -0.1) is 0 Å². The van der Waals surface area contributed by atoms with E-state index < -0.39 is 0 Å². The van der Waals surface area contributed by atoms with Crippen molar-refractivity contribution in [1.82, 2.24) is 0 Å². The molecule has 3 rings (SSSR count). The molecule has 1 heteroatoms. The molecule has 1 aliphatic rings. The fourth-order valence-electron chi connectivity index (χ4n) is 2.72. The normalized spacial score (nSPS) is 16.8. The predicted octanol–water partition coefficient (Wildman–Crippen LogP) is 4.38. The lowest BCUT2D eigenvalue weighted by molar-refractivity contribution is 0.0918. The zero-order chi connectivity index (χ0) is 12.7. The Labute approximate surface area is 108 Å². The van der Waals surface area contributed by atoms with Gasteiger partial charge in [0.05, 0.1) is 0 Å². The molecule has 1 atom stereocenters. The summed E-state index contributed by atoms with van der Waals surface area (Å²) in [6.45, 7) is 4.18. The standard InChI is InChI=1S/C17H18O/c1-11-7-10-16(15-6-4-3-5-14(11)15)17(18)12(2)13-8-9-13/h3-7,10,12-13H,8-9H2,1-2H3. The van der Waals surface area contributed by atoms with E-state index in [1.807, 2.05) is 18.2 Å². The number of Topliss-reactive ketones (excluding diaryl/α,β-unsaturated/α-hetero) is 1. The second-order valence-electron chi connectivity index (χ2n) is 5.47. The lowest BCUT2D eigenvalue weighted by Crippen LogP contribution is -2.13. The zero-order valence-corrected chi connectivity index (χ0v) is 10.9. The van der Waals surface area contributed by atoms with E-state index in [1.54, 1.807) is 0 Å². The van der Waals surface area contributed by atoms with Gasteiger partial charge in [0.25, 0.3) is 0 Å². The van der Waals surface area contributed by atoms with Gasteiger partial charge in [0, 0.05) is 11.5 Å². The molecule has 0 bridgehead atoms. The van der Waals surface area contributed by atoms with Gasteiger partial charge in [-0.1, -0.05) is 43.3 Å². The number of hydrogen-bond donors (Lipinski definition) is 0. The third kappa shape index (κ3) is 1.84. The Morgan fingerprint density at radius 2 is 1.78 bits per heavy atom. The van der Waals surface area contributed by atoms with Crippen LogP contribution in [0.2, 0.25) is 0 Å². The van der Waals surface area contributed by atoms with Crippen LogP contribution < -0.4 is 0 Å². The highest BCUT2D eigenvalue weighted by Gasteiger charge is 2.33. The molecule has 0 aliphatic heterocycles. The Balaban J connectivity index is 2.11. The van der Waals surface area contributed by atoms with Crippen molar-refractivity contribution in [3.63, 3.8) is 0 Å². The number of carbonyl (C=O) groups excluding carboxylic acids is 1. The van der Waals surface area contributed by atoms with Crippen LogP contribution in [0.15, 0.2) is 36.4 Å². The first-order chi connectivity index (χ1) is 8.68. The molecule has 18 heavy (non-hydrogen) atoms. The Kier molecular flexibility index (Phi) is 2.70. The van der Waals surface area contributed by atoms with Gasteiger partial charge in [0.15, 0.2) is 5.78 Å². The first-order valence-electron chi connectivity index (χ1n) is 6.71. The van der Waals surface area contributed by atoms with E-state index in [0.29, 0.717) is 11.7 Å². The number of benzene rings is 2. The van der Waals surface area contributed by atoms with Gasteiger partial charge in [0.1, 0.15) is 0 Å². The maximum Gasteiger partial charge on any atom is 0.166 e. The van der Waals surface area contributed by atoms with Crippen molar-refractivity contribution in [2.45, 2.75) is 26.7 Å². The van der Waals surface area contributed by atoms with Gasteiger partial charge in [0.2, 0.25) is 0 Å². The van der Waals surface area contributed by atoms with E-state index in [1.165, 1.54) is 23.8 Å². The summed E-state index contributed by atoms with van der Waals surface area (Å²) < 4.78 is 0. The molecule has 2 aromatic rings. The van der Waals surface area contributed by atoms with Crippen LogP contribution in [0.25, 0.3) is 10.8 Å². The van der Waals surface area contributed by atoms with Crippen LogP contribution >= 0.6 is 0 Å². The van der Waals surface area contributed by atoms with Gasteiger partial charge >= 0.3 is 0 Å². The summed E-state index contributed by atoms with van der Waals surface area (Å²) >= 11 is 0. The topological polar surface area (TPSA) is 17.1 Å². The lowest BCUT2D eigenvalue weighted by atomic mass is 9.90. The maximum atomic E-state index is 12.6. The van der Waals surface area contributed by atoms with Gasteiger partial charge in [-0.05, 0) is 42.0 Å². The van der Waals surface area contributed by atoms with Crippen LogP contribution in [0.3, 0.4) is 0 Å². The number of fused-ring (bicyclic) bond motifs is 1. The van der Waals surface area contributed by atoms with Crippen molar-refractivity contribution >= 4 is 16.6 Å². The highest BCUT2D eigenvalue weighted by atomic mass is 16.1. The van der Waals surface area contributed by atoms with E-state index >= 15 is 0 Å². The summed E-state index contributed by atoms with van der Waals surface area (Å²) in [5.41, 5.74) is 2.14. The third-order valence-electron chi connectivity index (χ3n) is 4.15. The molecule has 1 fully saturated rings. The van der Waals surface area contributed by atoms with E-state index in [4.69, 9.17) is 0 Å². The predicted molar refractivity (Wildman–Crippen MR) is 74.9 cm³/mol. The molecule has 0 N–H and O–H groups in total. The van der Waals surface area contributed by atoms with Gasteiger partial charge in [-0.25, -0.2) is 0 Å². The number of hydrogen-bond acceptors (Lipinski definition) is 1. The highest BCUT2D eigenvalue weighted by Crippen LogP contribution is 2.39. The SMILES string of the molecule is Cc1ccc(C(=O)C(C)C2CC2)c2ccccc12. The number of carbonyl (C=O) groups is 1. The maximum absolute atomic E-state index is 12.6. The van der Waals surface area contributed by atoms with Crippen molar-refractivity contribution in [2.24, 2.45) is 11.8 Å². The Morgan fingerprint density at radius 3 is 2.44 bits per heavy atom. The van der Waals surface area contributed by atoms with Crippen LogP contribution in [0, 0.1) is 18.8 Å². The van der Waals surface area contributed by atoms with Gasteiger partial charge in [-0.3, -0.25) is 4.79 Å². The monoisotopic (exact) mass is 238 g/mol. The average Bonchev–Trinajstić information content (AvgIpc) is 3.22. The molecular weight excluding hydrogens is 220 g/mol. The minimum atomic E-state index is 0.177. The largest absolute Gasteiger partial charge is 0.294 e. The van der Waals surface area contributed by atoms with Gasteiger partial charge < -0.3 is 0 Å². The van der Waals surface area contributed by atoms with E-state index in [0.717, 1.165) is 10.9 Å². The molecule has 0 amide bonds. The second kappa shape index (κ2) is 4.24. The summed E-state index contributed by atoms with van der Waals surface area (Å²) in [7, 11) is 0. The first-order valence-corrected chi connectivity index (χ1v) is 6.71. The molecule has 1 unspecified atom stereocenters. The Bertz CT molecular complexity index is 608. The second-order valence-corrected chi connectivity index (χ2v) is 5.47. The van der Waals surface area contributed by atoms with Crippen molar-refractivity contribution in [3.8, 4) is 0 Å². The summed E-state index contributed by atoms with van der Waals surface area (Å²) in [5.74, 6) is 1.11. The average molecular weight is 238 g/mol. The van der Waals surface area contributed by atoms with Crippen LogP contribution in [-0.4, -0.2) is 5.78 Å². The quantitative estimate of drug-likeness (QED) is 0.725. The summed E-state index contributed by atoms with van der Waals surface area (Å²) in [6, 6.07) is 12.3. The lowest BCUT2D eigenvalue weighted by Gasteiger charge is -2.12. The molecule has 1 aliphatic carbocycles. The molecule has 2 aromatic carbocycles. The summed E-state index contributed by atoms with van der Waals surface area (Å²) in [6.07, 6.45) is 2.44. The number of aryl methyl sites for hydroxylation is 1. The molecule has 92 valence electrons. The zero-order valence-electron chi connectivity index (χ0n) is 10.9.